The maximum atomic E-state index is 12.4. The van der Waals surface area contributed by atoms with Gasteiger partial charge >= 0.3 is 0 Å². The van der Waals surface area contributed by atoms with Crippen LogP contribution in [0.5, 0.6) is 0 Å². The van der Waals surface area contributed by atoms with Gasteiger partial charge in [0.1, 0.15) is 0 Å². The van der Waals surface area contributed by atoms with E-state index in [4.69, 9.17) is 4.74 Å². The third kappa shape index (κ3) is 1.79. The largest absolute Gasteiger partial charge is 0.381 e. The van der Waals surface area contributed by atoms with Crippen molar-refractivity contribution in [1.29, 1.82) is 0 Å². The van der Waals surface area contributed by atoms with Crippen molar-refractivity contribution in [2.24, 2.45) is 5.92 Å². The zero-order valence-electron chi connectivity index (χ0n) is 11.1. The van der Waals surface area contributed by atoms with Crippen LogP contribution in [0.25, 0.3) is 0 Å². The Bertz CT molecular complexity index is 517. The number of carbonyl (C=O) groups excluding carboxylic acids is 1. The molecule has 1 atom stereocenters. The average molecular weight is 261 g/mol. The summed E-state index contributed by atoms with van der Waals surface area (Å²) in [7, 11) is 0. The third-order valence-electron chi connectivity index (χ3n) is 4.60. The monoisotopic (exact) mass is 261 g/mol. The van der Waals surface area contributed by atoms with Crippen LogP contribution in [-0.2, 0) is 35.5 Å². The number of aromatic nitrogens is 2. The fraction of sp³-hybridized carbons (Fsp3) is 0.714. The van der Waals surface area contributed by atoms with Gasteiger partial charge in [0.2, 0.25) is 5.91 Å². The van der Waals surface area contributed by atoms with Crippen LogP contribution in [0.2, 0.25) is 0 Å². The number of rotatable bonds is 1. The highest BCUT2D eigenvalue weighted by Gasteiger charge is 2.32. The normalized spacial score (nSPS) is 25.5. The van der Waals surface area contributed by atoms with Crippen LogP contribution in [0.15, 0.2) is 0 Å². The van der Waals surface area contributed by atoms with Gasteiger partial charge in [-0.2, -0.15) is 5.10 Å². The van der Waals surface area contributed by atoms with E-state index in [1.165, 1.54) is 23.4 Å². The van der Waals surface area contributed by atoms with E-state index >= 15 is 0 Å². The predicted octanol–water partition coefficient (Wildman–Crippen LogP) is 0.750. The summed E-state index contributed by atoms with van der Waals surface area (Å²) < 4.78 is 7.46. The number of hydrogen-bond donors (Lipinski definition) is 0. The summed E-state index contributed by atoms with van der Waals surface area (Å²) in [6.45, 7) is 3.73. The van der Waals surface area contributed by atoms with Crippen molar-refractivity contribution >= 4 is 5.91 Å². The minimum atomic E-state index is 0.0857. The van der Waals surface area contributed by atoms with Gasteiger partial charge in [-0.25, -0.2) is 0 Å². The molecule has 4 rings (SSSR count). The van der Waals surface area contributed by atoms with Crippen LogP contribution in [0, 0.1) is 5.92 Å². The molecule has 19 heavy (non-hydrogen) atoms. The van der Waals surface area contributed by atoms with Crippen molar-refractivity contribution in [3.8, 4) is 0 Å². The second-order valence-corrected chi connectivity index (χ2v) is 5.77. The average Bonchev–Trinajstić information content (AvgIpc) is 3.14. The topological polar surface area (TPSA) is 47.4 Å². The minimum absolute atomic E-state index is 0.0857. The molecule has 1 saturated heterocycles. The van der Waals surface area contributed by atoms with Crippen molar-refractivity contribution in [3.63, 3.8) is 0 Å². The smallest absolute Gasteiger partial charge is 0.228 e. The number of aryl methyl sites for hydroxylation is 1. The Morgan fingerprint density at radius 2 is 2.26 bits per heavy atom. The van der Waals surface area contributed by atoms with E-state index in [2.05, 4.69) is 9.78 Å². The Kier molecular flexibility index (Phi) is 2.62. The molecule has 3 heterocycles. The van der Waals surface area contributed by atoms with Gasteiger partial charge in [-0.3, -0.25) is 9.48 Å². The molecule has 0 saturated carbocycles. The highest BCUT2D eigenvalue weighted by molar-refractivity contribution is 5.79. The zero-order chi connectivity index (χ0) is 12.8. The molecule has 1 aromatic rings. The molecule has 0 bridgehead atoms. The fourth-order valence-corrected chi connectivity index (χ4v) is 3.52. The summed E-state index contributed by atoms with van der Waals surface area (Å²) in [4.78, 5) is 14.5. The van der Waals surface area contributed by atoms with Crippen molar-refractivity contribution in [2.45, 2.75) is 38.8 Å². The first-order valence-electron chi connectivity index (χ1n) is 7.27. The number of fused-ring (bicyclic) bond motifs is 3. The Hall–Kier alpha value is -1.36. The summed E-state index contributed by atoms with van der Waals surface area (Å²) in [6.07, 6.45) is 4.35. The van der Waals surface area contributed by atoms with Crippen LogP contribution in [-0.4, -0.2) is 40.3 Å². The van der Waals surface area contributed by atoms with Gasteiger partial charge in [0.25, 0.3) is 0 Å². The first kappa shape index (κ1) is 11.5. The van der Waals surface area contributed by atoms with Crippen molar-refractivity contribution in [3.05, 3.63) is 17.0 Å². The molecule has 1 aliphatic carbocycles. The molecule has 1 unspecified atom stereocenters. The highest BCUT2D eigenvalue weighted by atomic mass is 16.5. The molecule has 5 heteroatoms. The van der Waals surface area contributed by atoms with Gasteiger partial charge in [-0.15, -0.1) is 0 Å². The fourth-order valence-electron chi connectivity index (χ4n) is 3.52. The Morgan fingerprint density at radius 1 is 1.32 bits per heavy atom. The summed E-state index contributed by atoms with van der Waals surface area (Å²) in [5.74, 6) is 0.360. The van der Waals surface area contributed by atoms with Crippen LogP contribution in [0.4, 0.5) is 0 Å². The lowest BCUT2D eigenvalue weighted by Crippen LogP contribution is -2.42. The van der Waals surface area contributed by atoms with E-state index in [1.807, 2.05) is 4.90 Å². The molecule has 1 fully saturated rings. The lowest BCUT2D eigenvalue weighted by atomic mass is 10.1. The van der Waals surface area contributed by atoms with Crippen LogP contribution < -0.4 is 0 Å². The first-order valence-corrected chi connectivity index (χ1v) is 7.27. The SMILES string of the molecule is O=C(C1CCOC1)N1CCn2nc3c(c2C1)CCC3. The lowest BCUT2D eigenvalue weighted by molar-refractivity contribution is -0.137. The van der Waals surface area contributed by atoms with Crippen LogP contribution in [0.1, 0.15) is 29.8 Å². The van der Waals surface area contributed by atoms with Crippen LogP contribution in [0.3, 0.4) is 0 Å². The summed E-state index contributed by atoms with van der Waals surface area (Å²) >= 11 is 0. The van der Waals surface area contributed by atoms with Gasteiger partial charge in [-0.05, 0) is 31.2 Å². The molecule has 0 spiro atoms. The maximum Gasteiger partial charge on any atom is 0.228 e. The first-order chi connectivity index (χ1) is 9.33. The summed E-state index contributed by atoms with van der Waals surface area (Å²) in [5, 5.41) is 4.68. The molecular weight excluding hydrogens is 242 g/mol. The number of carbonyl (C=O) groups is 1. The quantitative estimate of drug-likeness (QED) is 0.749. The molecule has 3 aliphatic rings. The van der Waals surface area contributed by atoms with Crippen molar-refractivity contribution < 1.29 is 9.53 Å². The van der Waals surface area contributed by atoms with E-state index in [1.54, 1.807) is 0 Å². The second kappa shape index (κ2) is 4.34. The molecule has 0 radical (unpaired) electrons. The zero-order valence-corrected chi connectivity index (χ0v) is 11.1. The Balaban J connectivity index is 1.56. The van der Waals surface area contributed by atoms with E-state index in [0.29, 0.717) is 6.61 Å². The highest BCUT2D eigenvalue weighted by Crippen LogP contribution is 2.28. The van der Waals surface area contributed by atoms with E-state index in [9.17, 15) is 4.79 Å². The molecule has 0 N–H and O–H groups in total. The maximum absolute atomic E-state index is 12.4. The van der Waals surface area contributed by atoms with E-state index in [0.717, 1.165) is 45.5 Å². The van der Waals surface area contributed by atoms with E-state index < -0.39 is 0 Å². The van der Waals surface area contributed by atoms with Gasteiger partial charge in [0, 0.05) is 13.2 Å². The van der Waals surface area contributed by atoms with Crippen LogP contribution >= 0.6 is 0 Å². The number of nitrogens with zero attached hydrogens (tertiary/aromatic N) is 3. The molecule has 1 amide bonds. The molecule has 1 aromatic heterocycles. The van der Waals surface area contributed by atoms with Gasteiger partial charge in [0.05, 0.1) is 37.0 Å². The Morgan fingerprint density at radius 3 is 3.11 bits per heavy atom. The number of hydrogen-bond acceptors (Lipinski definition) is 3. The lowest BCUT2D eigenvalue weighted by Gasteiger charge is -2.30. The molecule has 102 valence electrons. The molecular formula is C14H19N3O2. The molecule has 5 nitrogen and oxygen atoms in total. The summed E-state index contributed by atoms with van der Waals surface area (Å²) in [6, 6.07) is 0. The summed E-state index contributed by atoms with van der Waals surface area (Å²) in [5.41, 5.74) is 3.97. The Labute approximate surface area is 112 Å². The van der Waals surface area contributed by atoms with Crippen molar-refractivity contribution in [1.82, 2.24) is 14.7 Å². The molecule has 0 aromatic carbocycles. The number of amides is 1. The number of ether oxygens (including phenoxy) is 1. The molecule has 2 aliphatic heterocycles. The van der Waals surface area contributed by atoms with Gasteiger partial charge in [0.15, 0.2) is 0 Å². The van der Waals surface area contributed by atoms with Gasteiger partial charge in [-0.1, -0.05) is 0 Å². The third-order valence-corrected chi connectivity index (χ3v) is 4.60. The second-order valence-electron chi connectivity index (χ2n) is 5.77. The van der Waals surface area contributed by atoms with E-state index in [-0.39, 0.29) is 11.8 Å². The van der Waals surface area contributed by atoms with Crippen molar-refractivity contribution in [2.75, 3.05) is 19.8 Å². The predicted molar refractivity (Wildman–Crippen MR) is 68.6 cm³/mol. The van der Waals surface area contributed by atoms with Gasteiger partial charge < -0.3 is 9.64 Å². The standard InChI is InChI=1S/C14H19N3O2/c18-14(10-4-7-19-9-10)16-5-6-17-13(8-16)11-2-1-3-12(11)15-17/h10H,1-9H2. The minimum Gasteiger partial charge on any atom is -0.381 e.